The smallest absolute Gasteiger partial charge is 0.306 e. The summed E-state index contributed by atoms with van der Waals surface area (Å²) in [5.74, 6) is 0.588. The van der Waals surface area contributed by atoms with Crippen molar-refractivity contribution in [3.05, 3.63) is 23.8 Å². The second-order valence-corrected chi connectivity index (χ2v) is 11.0. The molecule has 1 heterocycles. The topological polar surface area (TPSA) is 43.4 Å². The zero-order valence-electron chi connectivity index (χ0n) is 16.8. The maximum Gasteiger partial charge on any atom is 0.306 e. The molecule has 4 saturated carbocycles. The quantitative estimate of drug-likeness (QED) is 0.568. The van der Waals surface area contributed by atoms with Crippen LogP contribution in [0.5, 0.6) is 0 Å². The average Bonchev–Trinajstić information content (AvgIpc) is 3.20. The van der Waals surface area contributed by atoms with Gasteiger partial charge in [0.25, 0.3) is 0 Å². The fourth-order valence-electron chi connectivity index (χ4n) is 8.59. The minimum atomic E-state index is -0.928. The van der Waals surface area contributed by atoms with Gasteiger partial charge in [0.1, 0.15) is 11.8 Å². The van der Waals surface area contributed by atoms with Crippen LogP contribution in [0.15, 0.2) is 23.8 Å². The predicted octanol–water partition coefficient (Wildman–Crippen LogP) is 4.71. The fraction of sp³-hybridized carbons (Fsp3) is 0.750. The van der Waals surface area contributed by atoms with E-state index in [0.29, 0.717) is 24.7 Å². The van der Waals surface area contributed by atoms with Crippen LogP contribution < -0.4 is 0 Å². The molecule has 5 aliphatic carbocycles. The highest BCUT2D eigenvalue weighted by atomic mass is 19.1. The van der Waals surface area contributed by atoms with Gasteiger partial charge >= 0.3 is 5.97 Å². The van der Waals surface area contributed by atoms with E-state index in [-0.39, 0.29) is 33.9 Å². The summed E-state index contributed by atoms with van der Waals surface area (Å²) in [4.78, 5) is 24.1. The SMILES string of the molecule is C[C@]12C=CC(=O)C=C1C1(CC1)CC1C2C(F)C[C@@]2(C)C1CC[C@@]21CCC(=O)O1. The Kier molecular flexibility index (Phi) is 3.10. The van der Waals surface area contributed by atoms with E-state index in [2.05, 4.69) is 13.8 Å². The zero-order chi connectivity index (χ0) is 19.5. The maximum atomic E-state index is 16.0. The third-order valence-electron chi connectivity index (χ3n) is 9.95. The molecular weight excluding hydrogens is 355 g/mol. The molecule has 0 N–H and O–H groups in total. The van der Waals surface area contributed by atoms with Crippen molar-refractivity contribution >= 4 is 11.8 Å². The van der Waals surface area contributed by atoms with Gasteiger partial charge in [-0.2, -0.15) is 0 Å². The molecule has 150 valence electrons. The van der Waals surface area contributed by atoms with E-state index in [1.54, 1.807) is 6.08 Å². The summed E-state index contributed by atoms with van der Waals surface area (Å²) in [6.07, 6.45) is 11.5. The number of carbonyl (C=O) groups excluding carboxylic acids is 2. The van der Waals surface area contributed by atoms with Crippen LogP contribution in [0.4, 0.5) is 4.39 Å². The highest BCUT2D eigenvalue weighted by Gasteiger charge is 2.72. The minimum Gasteiger partial charge on any atom is -0.458 e. The first-order valence-electron chi connectivity index (χ1n) is 11.0. The molecule has 0 aromatic carbocycles. The van der Waals surface area contributed by atoms with Crippen molar-refractivity contribution in [1.82, 2.24) is 0 Å². The first kappa shape index (κ1) is 17.4. The van der Waals surface area contributed by atoms with E-state index in [1.807, 2.05) is 12.2 Å². The van der Waals surface area contributed by atoms with Crippen molar-refractivity contribution in [2.24, 2.45) is 34.0 Å². The molecule has 4 unspecified atom stereocenters. The second-order valence-electron chi connectivity index (χ2n) is 11.0. The summed E-state index contributed by atoms with van der Waals surface area (Å²) in [5.41, 5.74) is 0.254. The van der Waals surface area contributed by atoms with Crippen LogP contribution in [0.2, 0.25) is 0 Å². The number of hydrogen-bond donors (Lipinski definition) is 0. The Morgan fingerprint density at radius 1 is 1.11 bits per heavy atom. The lowest BCUT2D eigenvalue weighted by Gasteiger charge is -2.61. The predicted molar refractivity (Wildman–Crippen MR) is 102 cm³/mol. The zero-order valence-corrected chi connectivity index (χ0v) is 16.8. The van der Waals surface area contributed by atoms with Gasteiger partial charge in [-0.1, -0.05) is 25.5 Å². The van der Waals surface area contributed by atoms with E-state index in [4.69, 9.17) is 4.74 Å². The maximum absolute atomic E-state index is 16.0. The molecule has 0 aromatic rings. The largest absolute Gasteiger partial charge is 0.458 e. The Balaban J connectivity index is 1.45. The first-order valence-corrected chi connectivity index (χ1v) is 11.0. The molecule has 28 heavy (non-hydrogen) atoms. The molecule has 4 heteroatoms. The lowest BCUT2D eigenvalue weighted by Crippen LogP contribution is -2.59. The van der Waals surface area contributed by atoms with Crippen LogP contribution in [-0.4, -0.2) is 23.5 Å². The highest BCUT2D eigenvalue weighted by Crippen LogP contribution is 2.75. The molecule has 3 nitrogen and oxygen atoms in total. The minimum absolute atomic E-state index is 0.0611. The number of ether oxygens (including phenoxy) is 1. The van der Waals surface area contributed by atoms with Crippen LogP contribution in [0, 0.1) is 34.0 Å². The number of ketones is 1. The van der Waals surface area contributed by atoms with E-state index >= 15 is 4.39 Å². The Morgan fingerprint density at radius 2 is 1.89 bits per heavy atom. The van der Waals surface area contributed by atoms with E-state index in [1.165, 1.54) is 5.57 Å². The third-order valence-corrected chi connectivity index (χ3v) is 9.95. The number of alkyl halides is 1. The number of rotatable bonds is 0. The summed E-state index contributed by atoms with van der Waals surface area (Å²) in [6.45, 7) is 4.38. The van der Waals surface area contributed by atoms with Gasteiger partial charge in [0.15, 0.2) is 5.78 Å². The van der Waals surface area contributed by atoms with Crippen molar-refractivity contribution in [2.75, 3.05) is 0 Å². The molecule has 0 aromatic heterocycles. The summed E-state index contributed by atoms with van der Waals surface area (Å²) < 4.78 is 22.0. The molecule has 7 atom stereocenters. The average molecular weight is 384 g/mol. The van der Waals surface area contributed by atoms with Crippen molar-refractivity contribution < 1.29 is 18.7 Å². The van der Waals surface area contributed by atoms with Crippen molar-refractivity contribution in [3.63, 3.8) is 0 Å². The van der Waals surface area contributed by atoms with Gasteiger partial charge in [0.2, 0.25) is 0 Å². The van der Waals surface area contributed by atoms with Gasteiger partial charge in [-0.3, -0.25) is 9.59 Å². The van der Waals surface area contributed by atoms with Crippen molar-refractivity contribution in [1.29, 1.82) is 0 Å². The van der Waals surface area contributed by atoms with Gasteiger partial charge in [-0.15, -0.1) is 0 Å². The van der Waals surface area contributed by atoms with E-state index < -0.39 is 11.8 Å². The second kappa shape index (κ2) is 4.99. The summed E-state index contributed by atoms with van der Waals surface area (Å²) in [6, 6.07) is 0. The summed E-state index contributed by atoms with van der Waals surface area (Å²) in [7, 11) is 0. The fourth-order valence-corrected chi connectivity index (χ4v) is 8.59. The van der Waals surface area contributed by atoms with Gasteiger partial charge in [-0.25, -0.2) is 4.39 Å². The molecule has 0 amide bonds. The van der Waals surface area contributed by atoms with Crippen LogP contribution in [0.3, 0.4) is 0 Å². The number of fused-ring (bicyclic) bond motifs is 7. The van der Waals surface area contributed by atoms with Gasteiger partial charge in [-0.05, 0) is 74.3 Å². The molecule has 6 aliphatic rings. The molecular formula is C24H29FO3. The Labute approximate surface area is 165 Å². The molecule has 1 aliphatic heterocycles. The number of carbonyl (C=O) groups is 2. The Bertz CT molecular complexity index is 854. The van der Waals surface area contributed by atoms with E-state index in [9.17, 15) is 9.59 Å². The van der Waals surface area contributed by atoms with E-state index in [0.717, 1.165) is 38.5 Å². The van der Waals surface area contributed by atoms with Crippen molar-refractivity contribution in [2.45, 2.75) is 77.0 Å². The summed E-state index contributed by atoms with van der Waals surface area (Å²) in [5, 5.41) is 0. The number of halogens is 1. The summed E-state index contributed by atoms with van der Waals surface area (Å²) >= 11 is 0. The van der Waals surface area contributed by atoms with Gasteiger partial charge in [0, 0.05) is 23.2 Å². The molecule has 6 rings (SSSR count). The number of allylic oxidation sites excluding steroid dienone is 4. The third kappa shape index (κ3) is 1.86. The van der Waals surface area contributed by atoms with Crippen LogP contribution in [-0.2, 0) is 14.3 Å². The first-order chi connectivity index (χ1) is 13.2. The highest BCUT2D eigenvalue weighted by molar-refractivity contribution is 6.01. The van der Waals surface area contributed by atoms with Crippen LogP contribution in [0.25, 0.3) is 0 Å². The van der Waals surface area contributed by atoms with Crippen LogP contribution >= 0.6 is 0 Å². The van der Waals surface area contributed by atoms with Gasteiger partial charge in [0.05, 0.1) is 0 Å². The lowest BCUT2D eigenvalue weighted by atomic mass is 9.44. The molecule has 0 radical (unpaired) electrons. The van der Waals surface area contributed by atoms with Crippen LogP contribution in [0.1, 0.15) is 65.2 Å². The number of hydrogen-bond acceptors (Lipinski definition) is 3. The normalized spacial score (nSPS) is 52.9. The lowest BCUT2D eigenvalue weighted by molar-refractivity contribution is -0.176. The Morgan fingerprint density at radius 3 is 2.57 bits per heavy atom. The number of esters is 1. The standard InChI is InChI=1S/C24H29FO3/c1-21-6-3-14(26)11-18(21)23(9-10-23)12-15-16-4-7-24(8-5-19(27)28-24)22(16,2)13-17(25)20(15)21/h3,6,11,15-17,20H,4-5,7-10,12-13H2,1-2H3/t15?,16?,17?,20?,21-,22-,24+/m0/s1. The molecule has 0 bridgehead atoms. The molecule has 1 saturated heterocycles. The van der Waals surface area contributed by atoms with Crippen molar-refractivity contribution in [3.8, 4) is 0 Å². The Hall–Kier alpha value is -1.45. The molecule has 2 spiro atoms. The molecule has 5 fully saturated rings. The monoisotopic (exact) mass is 384 g/mol. The van der Waals surface area contributed by atoms with Gasteiger partial charge < -0.3 is 4.74 Å².